The third-order valence-electron chi connectivity index (χ3n) is 11.8. The number of allylic oxidation sites excluding steroid dienone is 1. The highest BCUT2D eigenvalue weighted by Crippen LogP contribution is 2.67. The van der Waals surface area contributed by atoms with Gasteiger partial charge in [0.15, 0.2) is 11.5 Å². The summed E-state index contributed by atoms with van der Waals surface area (Å²) < 4.78 is 58.6. The van der Waals surface area contributed by atoms with Gasteiger partial charge < -0.3 is 29.1 Å². The zero-order chi connectivity index (χ0) is 36.2. The second-order valence-electron chi connectivity index (χ2n) is 15.3. The van der Waals surface area contributed by atoms with Gasteiger partial charge in [-0.1, -0.05) is 87.0 Å². The van der Waals surface area contributed by atoms with E-state index in [9.17, 15) is 27.9 Å². The Bertz CT molecular complexity index is 1760. The van der Waals surface area contributed by atoms with Gasteiger partial charge in [0.25, 0.3) is 5.91 Å². The summed E-state index contributed by atoms with van der Waals surface area (Å²) in [6.07, 6.45) is 2.19. The Kier molecular flexibility index (Phi) is 9.21. The predicted octanol–water partition coefficient (Wildman–Crippen LogP) is 6.57. The number of likely N-dealkylation sites (tertiary alicyclic amines) is 1. The number of hydrogen-bond donors (Lipinski definition) is 2. The summed E-state index contributed by atoms with van der Waals surface area (Å²) >= 11 is 0. The van der Waals surface area contributed by atoms with E-state index >= 15 is 0 Å². The number of benzene rings is 2. The van der Waals surface area contributed by atoms with E-state index in [0.29, 0.717) is 17.9 Å². The van der Waals surface area contributed by atoms with Crippen LogP contribution in [-0.4, -0.2) is 71.4 Å². The third kappa shape index (κ3) is 6.42. The highest BCUT2D eigenvalue weighted by Gasteiger charge is 2.71. The molecule has 2 aromatic carbocycles. The number of amides is 1. The van der Waals surface area contributed by atoms with Crippen LogP contribution in [0.15, 0.2) is 89.7 Å². The molecule has 272 valence electrons. The first-order chi connectivity index (χ1) is 24.2. The number of carbonyl (C=O) groups is 2. The topological polar surface area (TPSA) is 94.1 Å². The molecule has 2 saturated heterocycles. The largest absolute Gasteiger partial charge is 0.573 e. The van der Waals surface area contributed by atoms with Crippen molar-refractivity contribution < 1.29 is 46.6 Å². The minimum atomic E-state index is -5.31. The molecule has 2 bridgehead atoms. The quantitative estimate of drug-likeness (QED) is 0.0955. The van der Waals surface area contributed by atoms with Crippen molar-refractivity contribution in [2.24, 2.45) is 17.3 Å². The summed E-state index contributed by atoms with van der Waals surface area (Å²) in [4.78, 5) is 25.9. The van der Waals surface area contributed by atoms with Crippen LogP contribution in [0.5, 0.6) is 0 Å². The average molecular weight is 708 g/mol. The summed E-state index contributed by atoms with van der Waals surface area (Å²) in [6.45, 7) is 8.64. The van der Waals surface area contributed by atoms with E-state index < -0.39 is 41.6 Å². The van der Waals surface area contributed by atoms with E-state index in [1.54, 1.807) is 6.07 Å². The van der Waals surface area contributed by atoms with Gasteiger partial charge >= 0.3 is 12.3 Å². The first kappa shape index (κ1) is 35.5. The number of esters is 1. The van der Waals surface area contributed by atoms with Gasteiger partial charge in [0, 0.05) is 49.0 Å². The van der Waals surface area contributed by atoms with Gasteiger partial charge in [0.2, 0.25) is 5.76 Å². The second-order valence-corrected chi connectivity index (χ2v) is 15.3. The Morgan fingerprint density at radius 2 is 1.78 bits per heavy atom. The van der Waals surface area contributed by atoms with Gasteiger partial charge in [-0.25, -0.2) is 0 Å². The van der Waals surface area contributed by atoms with Crippen molar-refractivity contribution in [2.75, 3.05) is 19.6 Å². The molecule has 3 aliphatic carbocycles. The lowest BCUT2D eigenvalue weighted by molar-refractivity contribution is -0.965. The Hall–Kier alpha value is -3.93. The van der Waals surface area contributed by atoms with E-state index in [2.05, 4.69) is 48.2 Å². The smallest absolute Gasteiger partial charge is 0.422 e. The molecule has 7 rings (SSSR count). The van der Waals surface area contributed by atoms with E-state index in [-0.39, 0.29) is 17.1 Å². The molecule has 1 amide bonds. The van der Waals surface area contributed by atoms with Gasteiger partial charge in [-0.2, -0.15) is 0 Å². The van der Waals surface area contributed by atoms with Crippen molar-refractivity contribution in [2.45, 2.75) is 89.6 Å². The number of alkyl halides is 3. The molecule has 2 aromatic rings. The fourth-order valence-electron chi connectivity index (χ4n) is 10.2. The van der Waals surface area contributed by atoms with Crippen molar-refractivity contribution in [1.82, 2.24) is 5.32 Å². The van der Waals surface area contributed by atoms with E-state index in [1.165, 1.54) is 35.9 Å². The molecule has 51 heavy (non-hydrogen) atoms. The Labute approximate surface area is 296 Å². The monoisotopic (exact) mass is 707 g/mol. The van der Waals surface area contributed by atoms with Crippen LogP contribution in [-0.2, 0) is 30.2 Å². The molecule has 2 N–H and O–H groups in total. The maximum absolute atomic E-state index is 13.9. The van der Waals surface area contributed by atoms with Crippen molar-refractivity contribution in [3.05, 3.63) is 101 Å². The molecule has 3 fully saturated rings. The van der Waals surface area contributed by atoms with Crippen LogP contribution in [0, 0.1) is 17.3 Å². The van der Waals surface area contributed by atoms with E-state index in [4.69, 9.17) is 9.47 Å². The lowest BCUT2D eigenvalue weighted by atomic mass is 9.50. The number of nitrogens with one attached hydrogen (secondary N) is 1. The summed E-state index contributed by atoms with van der Waals surface area (Å²) in [7, 11) is 0. The second kappa shape index (κ2) is 13.2. The molecule has 1 saturated carbocycles. The van der Waals surface area contributed by atoms with Crippen molar-refractivity contribution in [3.8, 4) is 0 Å². The number of nitrogens with zero attached hydrogens (tertiary/aromatic N) is 1. The lowest BCUT2D eigenvalue weighted by Gasteiger charge is -2.63. The standard InChI is InChI=1S/C40H45F3N2O6/c1-25(2)24-45(21-18-27-11-6-4-7-12-27)22-20-38-30-15-10-16-32(38)50-36-33(38)29(23-31(30)45)17-19-39(36,48)44-37(47)35(51-40(41,42)43)34(49-26(3)46)28-13-8-5-9-14-28/h4-9,11-14,17,19,25,30-32,36,48H,10,15-16,18,20-24H2,1-3H3/p+1/t30-,31+,32-,36?,38+,39?,45?/m0/s1. The minimum Gasteiger partial charge on any atom is -0.422 e. The Balaban J connectivity index is 1.25. The van der Waals surface area contributed by atoms with Crippen molar-refractivity contribution in [1.29, 1.82) is 0 Å². The number of hydrogen-bond acceptors (Lipinski definition) is 6. The third-order valence-corrected chi connectivity index (χ3v) is 11.8. The Morgan fingerprint density at radius 1 is 1.08 bits per heavy atom. The average Bonchev–Trinajstić information content (AvgIpc) is 3.44. The fourth-order valence-corrected chi connectivity index (χ4v) is 10.2. The molecule has 11 heteroatoms. The molecule has 8 nitrogen and oxygen atoms in total. The molecule has 5 aliphatic rings. The number of halogens is 3. The molecule has 7 atom stereocenters. The zero-order valence-electron chi connectivity index (χ0n) is 29.2. The van der Waals surface area contributed by atoms with Crippen LogP contribution in [0.25, 0.3) is 5.76 Å². The van der Waals surface area contributed by atoms with Gasteiger partial charge in [-0.3, -0.25) is 9.59 Å². The lowest BCUT2D eigenvalue weighted by Crippen LogP contribution is -2.71. The van der Waals surface area contributed by atoms with Crippen LogP contribution >= 0.6 is 0 Å². The van der Waals surface area contributed by atoms with E-state index in [1.807, 2.05) is 12.1 Å². The maximum atomic E-state index is 13.9. The van der Waals surface area contributed by atoms with Gasteiger partial charge in [0.05, 0.1) is 31.8 Å². The number of piperidine rings is 1. The Morgan fingerprint density at radius 3 is 2.45 bits per heavy atom. The number of rotatable bonds is 10. The summed E-state index contributed by atoms with van der Waals surface area (Å²) in [6, 6.07) is 18.4. The van der Waals surface area contributed by atoms with Crippen LogP contribution < -0.4 is 5.32 Å². The molecular weight excluding hydrogens is 661 g/mol. The first-order valence-corrected chi connectivity index (χ1v) is 18.0. The van der Waals surface area contributed by atoms with Crippen molar-refractivity contribution in [3.63, 3.8) is 0 Å². The minimum absolute atomic E-state index is 0.0129. The summed E-state index contributed by atoms with van der Waals surface area (Å²) in [5.41, 5.74) is 0.859. The summed E-state index contributed by atoms with van der Waals surface area (Å²) in [5, 5.41) is 14.7. The van der Waals surface area contributed by atoms with Gasteiger partial charge in [-0.15, -0.1) is 13.2 Å². The zero-order valence-corrected chi connectivity index (χ0v) is 29.2. The molecular formula is C40H46F3N2O6+. The highest BCUT2D eigenvalue weighted by molar-refractivity contribution is 5.99. The van der Waals surface area contributed by atoms with Crippen LogP contribution in [0.1, 0.15) is 64.0 Å². The van der Waals surface area contributed by atoms with Gasteiger partial charge in [0.1, 0.15) is 6.10 Å². The fraction of sp³-hybridized carbons (Fsp3) is 0.500. The molecule has 0 radical (unpaired) electrons. The van der Waals surface area contributed by atoms with Crippen molar-refractivity contribution >= 4 is 17.6 Å². The molecule has 3 unspecified atom stereocenters. The maximum Gasteiger partial charge on any atom is 0.573 e. The van der Waals surface area contributed by atoms with Crippen LogP contribution in [0.2, 0.25) is 0 Å². The number of quaternary nitrogens is 1. The summed E-state index contributed by atoms with van der Waals surface area (Å²) in [5.74, 6) is -3.58. The van der Waals surface area contributed by atoms with Crippen LogP contribution in [0.4, 0.5) is 13.2 Å². The number of aliphatic hydroxyl groups is 1. The van der Waals surface area contributed by atoms with Crippen LogP contribution in [0.3, 0.4) is 0 Å². The van der Waals surface area contributed by atoms with Gasteiger partial charge in [-0.05, 0) is 35.6 Å². The predicted molar refractivity (Wildman–Crippen MR) is 183 cm³/mol. The normalized spacial score (nSPS) is 32.6. The molecule has 2 aliphatic heterocycles. The SMILES string of the molecule is CC(=O)OC(=C(OC(F)(F)F)C(=O)NC1(O)C=CC2=C3C1O[C@H]1CCC[C@H]4[C@@H](C2)[N+](CCc2ccccc2)(CC(C)C)CC[C@]314)c1ccccc1. The molecule has 0 aromatic heterocycles. The molecule has 2 heterocycles. The highest BCUT2D eigenvalue weighted by atomic mass is 19.4. The first-order valence-electron chi connectivity index (χ1n) is 18.0. The molecule has 1 spiro atoms. The van der Waals surface area contributed by atoms with E-state index in [0.717, 1.165) is 80.7 Å². The number of ether oxygens (including phenoxy) is 3. The number of carbonyl (C=O) groups excluding carboxylic acids is 2.